The Hall–Kier alpha value is -3.20. The van der Waals surface area contributed by atoms with Crippen molar-refractivity contribution < 1.29 is 28.7 Å². The summed E-state index contributed by atoms with van der Waals surface area (Å²) in [5, 5.41) is 4.68. The van der Waals surface area contributed by atoms with Gasteiger partial charge in [-0.05, 0) is 49.1 Å². The first kappa shape index (κ1) is 26.1. The smallest absolute Gasteiger partial charge is 0.306 e. The van der Waals surface area contributed by atoms with Crippen molar-refractivity contribution in [2.24, 2.45) is 0 Å². The summed E-state index contributed by atoms with van der Waals surface area (Å²) in [4.78, 5) is 51.0. The Morgan fingerprint density at radius 1 is 1.03 bits per heavy atom. The van der Waals surface area contributed by atoms with Gasteiger partial charge in [-0.1, -0.05) is 13.0 Å². The zero-order valence-corrected chi connectivity index (χ0v) is 19.8. The Kier molecular flexibility index (Phi) is 11.1. The topological polar surface area (TPSA) is 102 Å². The number of nitrogens with one attached hydrogen (secondary N) is 1. The van der Waals surface area contributed by atoms with Gasteiger partial charge in [-0.25, -0.2) is 0 Å². The first-order chi connectivity index (χ1) is 15.9. The van der Waals surface area contributed by atoms with Crippen LogP contribution in [-0.2, 0) is 25.7 Å². The number of esters is 1. The van der Waals surface area contributed by atoms with E-state index in [1.54, 1.807) is 31.2 Å². The van der Waals surface area contributed by atoms with E-state index in [0.29, 0.717) is 31.0 Å². The molecule has 0 saturated heterocycles. The first-order valence-electron chi connectivity index (χ1n) is 10.9. The third-order valence-corrected chi connectivity index (χ3v) is 5.55. The molecule has 0 spiro atoms. The van der Waals surface area contributed by atoms with Crippen molar-refractivity contribution in [1.29, 1.82) is 0 Å². The minimum Gasteiger partial charge on any atom is -0.494 e. The van der Waals surface area contributed by atoms with E-state index in [1.807, 2.05) is 24.4 Å². The molecule has 1 aromatic carbocycles. The van der Waals surface area contributed by atoms with Crippen molar-refractivity contribution in [1.82, 2.24) is 10.2 Å². The number of Topliss-reactive ketones (excluding diaryl/α,β-unsaturated/α-hetero) is 1. The van der Waals surface area contributed by atoms with Crippen LogP contribution in [0.1, 0.15) is 48.3 Å². The van der Waals surface area contributed by atoms with Crippen molar-refractivity contribution in [2.75, 3.05) is 26.3 Å². The average molecular weight is 475 g/mol. The summed E-state index contributed by atoms with van der Waals surface area (Å²) in [5.74, 6) is -0.907. The van der Waals surface area contributed by atoms with Gasteiger partial charge in [-0.3, -0.25) is 19.2 Å². The quantitative estimate of drug-likeness (QED) is 0.333. The highest BCUT2D eigenvalue weighted by Crippen LogP contribution is 2.14. The molecule has 0 aliphatic heterocycles. The van der Waals surface area contributed by atoms with Crippen LogP contribution in [0.3, 0.4) is 0 Å². The highest BCUT2D eigenvalue weighted by molar-refractivity contribution is 7.09. The van der Waals surface area contributed by atoms with Crippen LogP contribution in [0.4, 0.5) is 0 Å². The number of nitrogens with zero attached hydrogens (tertiary/aromatic N) is 1. The molecule has 33 heavy (non-hydrogen) atoms. The zero-order chi connectivity index (χ0) is 24.1. The van der Waals surface area contributed by atoms with Gasteiger partial charge in [0.05, 0.1) is 26.1 Å². The minimum atomic E-state index is -0.641. The summed E-state index contributed by atoms with van der Waals surface area (Å²) in [6, 6.07) is 10.6. The monoisotopic (exact) mass is 474 g/mol. The molecular formula is C24H30N2O6S. The van der Waals surface area contributed by atoms with E-state index in [4.69, 9.17) is 9.47 Å². The van der Waals surface area contributed by atoms with Crippen molar-refractivity contribution in [3.63, 3.8) is 0 Å². The van der Waals surface area contributed by atoms with Gasteiger partial charge in [-0.15, -0.1) is 11.3 Å². The molecular weight excluding hydrogens is 444 g/mol. The SMILES string of the molecule is CCCOc1ccc(C(=O)CCC(=O)OCC(=O)N(CC)CC(=O)NCc2cccs2)cc1. The van der Waals surface area contributed by atoms with Crippen molar-refractivity contribution in [3.8, 4) is 5.75 Å². The minimum absolute atomic E-state index is 0.0230. The van der Waals surface area contributed by atoms with Crippen molar-refractivity contribution in [3.05, 3.63) is 52.2 Å². The molecule has 2 amide bonds. The van der Waals surface area contributed by atoms with Crippen molar-refractivity contribution >= 4 is 34.9 Å². The second-order valence-corrected chi connectivity index (χ2v) is 8.25. The molecule has 1 aromatic heterocycles. The highest BCUT2D eigenvalue weighted by Gasteiger charge is 2.18. The number of thiophene rings is 1. The summed E-state index contributed by atoms with van der Waals surface area (Å²) in [6.45, 7) is 4.47. The fourth-order valence-electron chi connectivity index (χ4n) is 2.83. The van der Waals surface area contributed by atoms with Crippen LogP contribution in [0, 0.1) is 0 Å². The molecule has 0 fully saturated rings. The summed E-state index contributed by atoms with van der Waals surface area (Å²) >= 11 is 1.53. The molecule has 0 aliphatic rings. The van der Waals surface area contributed by atoms with Crippen LogP contribution in [0.2, 0.25) is 0 Å². The number of amides is 2. The van der Waals surface area contributed by atoms with E-state index in [2.05, 4.69) is 5.32 Å². The molecule has 2 aromatic rings. The van der Waals surface area contributed by atoms with Gasteiger partial charge >= 0.3 is 5.97 Å². The molecule has 1 heterocycles. The molecule has 9 heteroatoms. The maximum absolute atomic E-state index is 12.3. The number of ether oxygens (including phenoxy) is 2. The van der Waals surface area contributed by atoms with Gasteiger partial charge in [-0.2, -0.15) is 0 Å². The van der Waals surface area contributed by atoms with Crippen LogP contribution >= 0.6 is 11.3 Å². The van der Waals surface area contributed by atoms with Crippen LogP contribution < -0.4 is 10.1 Å². The second kappa shape index (κ2) is 14.1. The molecule has 0 aliphatic carbocycles. The molecule has 0 radical (unpaired) electrons. The number of ketones is 1. The Bertz CT molecular complexity index is 912. The molecule has 0 atom stereocenters. The Morgan fingerprint density at radius 2 is 1.79 bits per heavy atom. The number of hydrogen-bond donors (Lipinski definition) is 1. The average Bonchev–Trinajstić information content (AvgIpc) is 3.35. The standard InChI is InChI=1S/C24H30N2O6S/c1-3-13-31-19-9-7-18(8-10-19)21(27)11-12-24(30)32-17-23(29)26(4-2)16-22(28)25-15-20-6-5-14-33-20/h5-10,14H,3-4,11-13,15-17H2,1-2H3,(H,25,28). The number of likely N-dealkylation sites (N-methyl/N-ethyl adjacent to an activating group) is 1. The van der Waals surface area contributed by atoms with E-state index < -0.39 is 18.5 Å². The van der Waals surface area contributed by atoms with Gasteiger partial charge in [0.25, 0.3) is 5.91 Å². The van der Waals surface area contributed by atoms with Gasteiger partial charge < -0.3 is 19.7 Å². The van der Waals surface area contributed by atoms with Crippen LogP contribution in [0.5, 0.6) is 5.75 Å². The zero-order valence-electron chi connectivity index (χ0n) is 19.0. The predicted molar refractivity (Wildman–Crippen MR) is 125 cm³/mol. The van der Waals surface area contributed by atoms with Crippen LogP contribution in [0.15, 0.2) is 41.8 Å². The number of benzene rings is 1. The van der Waals surface area contributed by atoms with E-state index in [0.717, 1.165) is 11.3 Å². The Morgan fingerprint density at radius 3 is 2.42 bits per heavy atom. The highest BCUT2D eigenvalue weighted by atomic mass is 32.1. The molecule has 178 valence electrons. The molecule has 0 saturated carbocycles. The summed E-state index contributed by atoms with van der Waals surface area (Å²) in [7, 11) is 0. The molecule has 8 nitrogen and oxygen atoms in total. The van der Waals surface area contributed by atoms with Gasteiger partial charge in [0.2, 0.25) is 5.91 Å². The maximum atomic E-state index is 12.3. The third kappa shape index (κ3) is 9.44. The Labute approximate surface area is 197 Å². The fraction of sp³-hybridized carbons (Fsp3) is 0.417. The molecule has 0 bridgehead atoms. The molecule has 0 unspecified atom stereocenters. The fourth-order valence-corrected chi connectivity index (χ4v) is 3.47. The Balaban J connectivity index is 1.69. The maximum Gasteiger partial charge on any atom is 0.306 e. The van der Waals surface area contributed by atoms with Crippen molar-refractivity contribution in [2.45, 2.75) is 39.7 Å². The third-order valence-electron chi connectivity index (χ3n) is 4.67. The molecule has 2 rings (SSSR count). The first-order valence-corrected chi connectivity index (χ1v) is 11.8. The van der Waals surface area contributed by atoms with Gasteiger partial charge in [0.1, 0.15) is 5.75 Å². The predicted octanol–water partition coefficient (Wildman–Crippen LogP) is 3.21. The lowest BCUT2D eigenvalue weighted by Gasteiger charge is -2.20. The van der Waals surface area contributed by atoms with Crippen LogP contribution in [0.25, 0.3) is 0 Å². The number of rotatable bonds is 14. The van der Waals surface area contributed by atoms with E-state index in [1.165, 1.54) is 16.2 Å². The van der Waals surface area contributed by atoms with E-state index >= 15 is 0 Å². The summed E-state index contributed by atoms with van der Waals surface area (Å²) in [5.41, 5.74) is 0.480. The normalized spacial score (nSPS) is 10.4. The number of carbonyl (C=O) groups excluding carboxylic acids is 4. The summed E-state index contributed by atoms with van der Waals surface area (Å²) in [6.07, 6.45) is 0.739. The lowest BCUT2D eigenvalue weighted by atomic mass is 10.1. The lowest BCUT2D eigenvalue weighted by molar-refractivity contribution is -0.152. The van der Waals surface area contributed by atoms with E-state index in [-0.39, 0.29) is 31.1 Å². The van der Waals surface area contributed by atoms with Gasteiger partial charge in [0, 0.05) is 23.4 Å². The molecule has 1 N–H and O–H groups in total. The largest absolute Gasteiger partial charge is 0.494 e. The summed E-state index contributed by atoms with van der Waals surface area (Å²) < 4.78 is 10.5. The second-order valence-electron chi connectivity index (χ2n) is 7.22. The van der Waals surface area contributed by atoms with E-state index in [9.17, 15) is 19.2 Å². The van der Waals surface area contributed by atoms with Gasteiger partial charge in [0.15, 0.2) is 12.4 Å². The number of carbonyl (C=O) groups is 4. The lowest BCUT2D eigenvalue weighted by Crippen LogP contribution is -2.42. The number of hydrogen-bond acceptors (Lipinski definition) is 7. The van der Waals surface area contributed by atoms with Crippen LogP contribution in [-0.4, -0.2) is 54.8 Å².